The van der Waals surface area contributed by atoms with Crippen molar-refractivity contribution in [1.82, 2.24) is 5.32 Å². The van der Waals surface area contributed by atoms with Crippen LogP contribution in [-0.2, 0) is 0 Å². The maximum absolute atomic E-state index is 5.32. The lowest BCUT2D eigenvalue weighted by Gasteiger charge is -2.21. The van der Waals surface area contributed by atoms with Gasteiger partial charge in [-0.3, -0.25) is 0 Å². The van der Waals surface area contributed by atoms with Gasteiger partial charge in [0.15, 0.2) is 0 Å². The fraction of sp³-hybridized carbons (Fsp3) is 0.600. The fourth-order valence-electron chi connectivity index (χ4n) is 2.56. The van der Waals surface area contributed by atoms with Gasteiger partial charge in [-0.15, -0.1) is 0 Å². The molecule has 0 bridgehead atoms. The van der Waals surface area contributed by atoms with Crippen LogP contribution in [0.4, 0.5) is 5.69 Å². The van der Waals surface area contributed by atoms with Crippen LogP contribution in [0.5, 0.6) is 5.75 Å². The van der Waals surface area contributed by atoms with E-state index in [0.717, 1.165) is 42.3 Å². The average molecular weight is 327 g/mol. The maximum Gasteiger partial charge on any atom is 0.121 e. The van der Waals surface area contributed by atoms with E-state index in [9.17, 15) is 0 Å². The Morgan fingerprint density at radius 3 is 3.05 bits per heavy atom. The van der Waals surface area contributed by atoms with Crippen molar-refractivity contribution in [3.05, 3.63) is 22.7 Å². The molecule has 3 nitrogen and oxygen atoms in total. The summed E-state index contributed by atoms with van der Waals surface area (Å²) in [5, 5.41) is 3.52. The van der Waals surface area contributed by atoms with Crippen LogP contribution in [0.25, 0.3) is 0 Å². The molecule has 0 saturated carbocycles. The van der Waals surface area contributed by atoms with E-state index >= 15 is 0 Å². The predicted molar refractivity (Wildman–Crippen MR) is 84.2 cm³/mol. The zero-order valence-electron chi connectivity index (χ0n) is 11.8. The van der Waals surface area contributed by atoms with Gasteiger partial charge in [0.1, 0.15) is 5.75 Å². The van der Waals surface area contributed by atoms with Gasteiger partial charge in [-0.25, -0.2) is 0 Å². The molecule has 1 atom stereocenters. The molecule has 0 spiro atoms. The molecule has 1 aliphatic rings. The van der Waals surface area contributed by atoms with E-state index in [1.54, 1.807) is 7.11 Å². The zero-order chi connectivity index (χ0) is 13.7. The summed E-state index contributed by atoms with van der Waals surface area (Å²) < 4.78 is 6.46. The van der Waals surface area contributed by atoms with E-state index in [1.807, 2.05) is 6.07 Å². The summed E-state index contributed by atoms with van der Waals surface area (Å²) in [5.74, 6) is 1.68. The Morgan fingerprint density at radius 1 is 1.47 bits per heavy atom. The van der Waals surface area contributed by atoms with Gasteiger partial charge in [-0.2, -0.15) is 0 Å². The minimum absolute atomic E-state index is 0.754. The number of benzene rings is 1. The van der Waals surface area contributed by atoms with Crippen LogP contribution >= 0.6 is 15.9 Å². The Labute approximate surface area is 124 Å². The van der Waals surface area contributed by atoms with Crippen LogP contribution in [0, 0.1) is 5.92 Å². The number of ether oxygens (including phenoxy) is 1. The Kier molecular flexibility index (Phi) is 5.52. The highest BCUT2D eigenvalue weighted by molar-refractivity contribution is 9.10. The van der Waals surface area contributed by atoms with E-state index in [2.05, 4.69) is 45.2 Å². The summed E-state index contributed by atoms with van der Waals surface area (Å²) in [6.45, 7) is 6.72. The van der Waals surface area contributed by atoms with Crippen LogP contribution < -0.4 is 15.0 Å². The van der Waals surface area contributed by atoms with Gasteiger partial charge in [-0.1, -0.05) is 6.92 Å². The lowest BCUT2D eigenvalue weighted by atomic mass is 10.1. The molecule has 1 N–H and O–H groups in total. The highest BCUT2D eigenvalue weighted by Gasteiger charge is 2.23. The van der Waals surface area contributed by atoms with Crippen molar-refractivity contribution in [2.45, 2.75) is 19.8 Å². The molecular weight excluding hydrogens is 304 g/mol. The number of methoxy groups -OCH3 is 1. The average Bonchev–Trinajstić information content (AvgIpc) is 2.88. The highest BCUT2D eigenvalue weighted by Crippen LogP contribution is 2.33. The Hall–Kier alpha value is -0.740. The number of nitrogens with zero attached hydrogens (tertiary/aromatic N) is 1. The monoisotopic (exact) mass is 326 g/mol. The molecule has 0 aromatic heterocycles. The van der Waals surface area contributed by atoms with Crippen LogP contribution in [0.1, 0.15) is 19.8 Å². The molecule has 1 aliphatic heterocycles. The first-order valence-electron chi connectivity index (χ1n) is 7.03. The minimum Gasteiger partial charge on any atom is -0.497 e. The van der Waals surface area contributed by atoms with Crippen molar-refractivity contribution in [3.63, 3.8) is 0 Å². The SMILES string of the molecule is CCCNCC1CCN(c2cc(OC)ccc2Br)C1. The van der Waals surface area contributed by atoms with Crippen LogP contribution in [0.15, 0.2) is 22.7 Å². The van der Waals surface area contributed by atoms with Crippen molar-refractivity contribution in [1.29, 1.82) is 0 Å². The number of hydrogen-bond acceptors (Lipinski definition) is 3. The van der Waals surface area contributed by atoms with E-state index in [-0.39, 0.29) is 0 Å². The molecule has 2 rings (SSSR count). The highest BCUT2D eigenvalue weighted by atomic mass is 79.9. The number of hydrogen-bond donors (Lipinski definition) is 1. The van der Waals surface area contributed by atoms with E-state index in [1.165, 1.54) is 18.5 Å². The summed E-state index contributed by atoms with van der Waals surface area (Å²) in [6, 6.07) is 6.17. The molecule has 4 heteroatoms. The summed E-state index contributed by atoms with van der Waals surface area (Å²) in [4.78, 5) is 2.45. The summed E-state index contributed by atoms with van der Waals surface area (Å²) in [7, 11) is 1.72. The third kappa shape index (κ3) is 3.86. The van der Waals surface area contributed by atoms with Crippen molar-refractivity contribution < 1.29 is 4.74 Å². The molecule has 106 valence electrons. The smallest absolute Gasteiger partial charge is 0.121 e. The first kappa shape index (κ1) is 14.7. The Morgan fingerprint density at radius 2 is 2.32 bits per heavy atom. The second-order valence-electron chi connectivity index (χ2n) is 5.12. The molecule has 1 unspecified atom stereocenters. The second kappa shape index (κ2) is 7.15. The summed E-state index contributed by atoms with van der Waals surface area (Å²) in [5.41, 5.74) is 1.25. The zero-order valence-corrected chi connectivity index (χ0v) is 13.4. The third-order valence-electron chi connectivity index (χ3n) is 3.64. The topological polar surface area (TPSA) is 24.5 Å². The predicted octanol–water partition coefficient (Wildman–Crippen LogP) is 3.28. The summed E-state index contributed by atoms with van der Waals surface area (Å²) in [6.07, 6.45) is 2.47. The minimum atomic E-state index is 0.754. The van der Waals surface area contributed by atoms with Gasteiger partial charge in [0, 0.05) is 23.6 Å². The maximum atomic E-state index is 5.32. The molecule has 1 aromatic carbocycles. The van der Waals surface area contributed by atoms with E-state index in [0.29, 0.717) is 0 Å². The molecule has 19 heavy (non-hydrogen) atoms. The molecule has 1 fully saturated rings. The lowest BCUT2D eigenvalue weighted by molar-refractivity contribution is 0.414. The van der Waals surface area contributed by atoms with Crippen molar-refractivity contribution in [2.75, 3.05) is 38.2 Å². The van der Waals surface area contributed by atoms with Crippen molar-refractivity contribution in [2.24, 2.45) is 5.92 Å². The molecular formula is C15H23BrN2O. The van der Waals surface area contributed by atoms with Crippen LogP contribution in [0.3, 0.4) is 0 Å². The van der Waals surface area contributed by atoms with Gasteiger partial charge in [-0.05, 0) is 59.9 Å². The van der Waals surface area contributed by atoms with Crippen molar-refractivity contribution in [3.8, 4) is 5.75 Å². The molecule has 1 aromatic rings. The normalized spacial score (nSPS) is 18.9. The van der Waals surface area contributed by atoms with Gasteiger partial charge in [0.05, 0.1) is 12.8 Å². The van der Waals surface area contributed by atoms with Crippen LogP contribution in [0.2, 0.25) is 0 Å². The van der Waals surface area contributed by atoms with Gasteiger partial charge in [0.2, 0.25) is 0 Å². The Bertz CT molecular complexity index is 411. The van der Waals surface area contributed by atoms with Gasteiger partial charge >= 0.3 is 0 Å². The number of anilines is 1. The van der Waals surface area contributed by atoms with Gasteiger partial charge < -0.3 is 15.0 Å². The summed E-state index contributed by atoms with van der Waals surface area (Å²) >= 11 is 3.64. The molecule has 0 amide bonds. The standard InChI is InChI=1S/C15H23BrN2O/c1-3-7-17-10-12-6-8-18(11-12)15-9-13(19-2)4-5-14(15)16/h4-5,9,12,17H,3,6-8,10-11H2,1-2H3. The van der Waals surface area contributed by atoms with E-state index in [4.69, 9.17) is 4.74 Å². The number of rotatable bonds is 6. The second-order valence-corrected chi connectivity index (χ2v) is 5.98. The first-order valence-corrected chi connectivity index (χ1v) is 7.83. The first-order chi connectivity index (χ1) is 9.24. The quantitative estimate of drug-likeness (QED) is 0.812. The molecule has 1 heterocycles. The van der Waals surface area contributed by atoms with E-state index < -0.39 is 0 Å². The molecule has 0 aliphatic carbocycles. The van der Waals surface area contributed by atoms with Gasteiger partial charge in [0.25, 0.3) is 0 Å². The number of halogens is 1. The Balaban J connectivity index is 1.96. The third-order valence-corrected chi connectivity index (χ3v) is 4.31. The molecule has 0 radical (unpaired) electrons. The van der Waals surface area contributed by atoms with Crippen molar-refractivity contribution >= 4 is 21.6 Å². The number of nitrogens with one attached hydrogen (secondary N) is 1. The lowest BCUT2D eigenvalue weighted by Crippen LogP contribution is -2.27. The fourth-order valence-corrected chi connectivity index (χ4v) is 3.06. The van der Waals surface area contributed by atoms with Crippen LogP contribution in [-0.4, -0.2) is 33.3 Å². The molecule has 1 saturated heterocycles. The largest absolute Gasteiger partial charge is 0.497 e.